The lowest BCUT2D eigenvalue weighted by Gasteiger charge is -2.38. The fraction of sp³-hybridized carbons (Fsp3) is 0.308. The SMILES string of the molecule is N#CCC1(N=CC(C(N)=O)C(N)=Nc2ccc(F)cc2)CCN(Cc2ccc3cc[nH]c3c2)CC1. The summed E-state index contributed by atoms with van der Waals surface area (Å²) in [5, 5.41) is 10.6. The molecule has 3 aromatic rings. The van der Waals surface area contributed by atoms with Gasteiger partial charge < -0.3 is 16.5 Å². The van der Waals surface area contributed by atoms with Gasteiger partial charge in [-0.3, -0.25) is 14.7 Å². The third-order valence-corrected chi connectivity index (χ3v) is 6.43. The lowest BCUT2D eigenvalue weighted by molar-refractivity contribution is -0.118. The zero-order valence-corrected chi connectivity index (χ0v) is 19.3. The van der Waals surface area contributed by atoms with Crippen molar-refractivity contribution in [2.24, 2.45) is 27.4 Å². The molecule has 0 bridgehead atoms. The number of benzene rings is 2. The van der Waals surface area contributed by atoms with E-state index in [-0.39, 0.29) is 12.3 Å². The van der Waals surface area contributed by atoms with E-state index in [1.165, 1.54) is 41.4 Å². The van der Waals surface area contributed by atoms with E-state index in [1.54, 1.807) is 0 Å². The minimum Gasteiger partial charge on any atom is -0.386 e. The zero-order valence-electron chi connectivity index (χ0n) is 19.3. The second kappa shape index (κ2) is 10.5. The molecule has 5 N–H and O–H groups in total. The quantitative estimate of drug-likeness (QED) is 0.341. The van der Waals surface area contributed by atoms with E-state index in [9.17, 15) is 14.4 Å². The molecule has 2 aromatic carbocycles. The number of aromatic nitrogens is 1. The highest BCUT2D eigenvalue weighted by Crippen LogP contribution is 2.31. The van der Waals surface area contributed by atoms with E-state index in [0.29, 0.717) is 18.5 Å². The molecular weight excluding hydrogens is 445 g/mol. The smallest absolute Gasteiger partial charge is 0.233 e. The molecule has 1 aliphatic rings. The number of hydrogen-bond donors (Lipinski definition) is 3. The summed E-state index contributed by atoms with van der Waals surface area (Å²) in [7, 11) is 0. The molecule has 1 saturated heterocycles. The van der Waals surface area contributed by atoms with Gasteiger partial charge >= 0.3 is 0 Å². The van der Waals surface area contributed by atoms with Crippen LogP contribution in [-0.2, 0) is 11.3 Å². The number of amides is 1. The Morgan fingerprint density at radius 3 is 2.63 bits per heavy atom. The number of aromatic amines is 1. The molecule has 9 heteroatoms. The van der Waals surface area contributed by atoms with Crippen LogP contribution in [0.1, 0.15) is 24.8 Å². The molecule has 1 aromatic heterocycles. The number of likely N-dealkylation sites (tertiary alicyclic amines) is 1. The highest BCUT2D eigenvalue weighted by atomic mass is 19.1. The number of amidine groups is 1. The van der Waals surface area contributed by atoms with E-state index < -0.39 is 23.2 Å². The van der Waals surface area contributed by atoms with Crippen LogP contribution in [0.4, 0.5) is 10.1 Å². The molecule has 180 valence electrons. The predicted octanol–water partition coefficient (Wildman–Crippen LogP) is 3.42. The number of nitrogens with two attached hydrogens (primary N) is 2. The van der Waals surface area contributed by atoms with Gasteiger partial charge in [-0.25, -0.2) is 9.38 Å². The Labute approximate surface area is 203 Å². The Kier molecular flexibility index (Phi) is 7.22. The van der Waals surface area contributed by atoms with Gasteiger partial charge in [0, 0.05) is 37.6 Å². The van der Waals surface area contributed by atoms with Gasteiger partial charge in [-0.1, -0.05) is 12.1 Å². The lowest BCUT2D eigenvalue weighted by Crippen LogP contribution is -2.44. The van der Waals surface area contributed by atoms with Gasteiger partial charge in [0.1, 0.15) is 17.6 Å². The van der Waals surface area contributed by atoms with Crippen LogP contribution in [0.15, 0.2) is 64.7 Å². The summed E-state index contributed by atoms with van der Waals surface area (Å²) in [4.78, 5) is 26.5. The maximum absolute atomic E-state index is 13.1. The minimum absolute atomic E-state index is 0.0305. The van der Waals surface area contributed by atoms with E-state index in [4.69, 9.17) is 11.5 Å². The van der Waals surface area contributed by atoms with Crippen molar-refractivity contribution in [3.8, 4) is 6.07 Å². The molecule has 1 atom stereocenters. The summed E-state index contributed by atoms with van der Waals surface area (Å²) in [6.07, 6.45) is 4.91. The second-order valence-electron chi connectivity index (χ2n) is 8.91. The number of aliphatic imine (C=N–C) groups is 2. The average Bonchev–Trinajstić information content (AvgIpc) is 3.30. The molecule has 4 rings (SSSR count). The molecule has 0 spiro atoms. The predicted molar refractivity (Wildman–Crippen MR) is 135 cm³/mol. The van der Waals surface area contributed by atoms with Crippen LogP contribution >= 0.6 is 0 Å². The normalized spacial score (nSPS) is 17.4. The summed E-state index contributed by atoms with van der Waals surface area (Å²) < 4.78 is 13.1. The third kappa shape index (κ3) is 5.91. The maximum Gasteiger partial charge on any atom is 0.233 e. The molecule has 1 amide bonds. The van der Waals surface area contributed by atoms with Crippen molar-refractivity contribution in [1.82, 2.24) is 9.88 Å². The largest absolute Gasteiger partial charge is 0.386 e. The van der Waals surface area contributed by atoms with Gasteiger partial charge in [0.2, 0.25) is 5.91 Å². The van der Waals surface area contributed by atoms with Crippen LogP contribution in [0, 0.1) is 23.1 Å². The fourth-order valence-corrected chi connectivity index (χ4v) is 4.34. The zero-order chi connectivity index (χ0) is 24.8. The van der Waals surface area contributed by atoms with Crippen molar-refractivity contribution in [1.29, 1.82) is 5.26 Å². The van der Waals surface area contributed by atoms with Crippen LogP contribution in [-0.4, -0.2) is 46.5 Å². The Balaban J connectivity index is 1.44. The van der Waals surface area contributed by atoms with Crippen molar-refractivity contribution < 1.29 is 9.18 Å². The standard InChI is InChI=1S/C26H28FN7O/c27-20-3-5-21(6-4-20)33-24(29)22(25(30)35)16-32-26(8-11-28)9-13-34(14-10-26)17-18-1-2-19-7-12-31-23(19)15-18/h1-7,12,15-16,22,31H,8-10,13-14,17H2,(H2,29,33)(H2,30,35). The molecule has 0 aliphatic carbocycles. The van der Waals surface area contributed by atoms with Crippen molar-refractivity contribution in [2.45, 2.75) is 31.3 Å². The van der Waals surface area contributed by atoms with E-state index in [2.05, 4.69) is 44.1 Å². The highest BCUT2D eigenvalue weighted by molar-refractivity contribution is 6.14. The third-order valence-electron chi connectivity index (χ3n) is 6.43. The van der Waals surface area contributed by atoms with Crippen molar-refractivity contribution in [3.05, 3.63) is 66.1 Å². The Hall–Kier alpha value is -4.03. The summed E-state index contributed by atoms with van der Waals surface area (Å²) >= 11 is 0. The summed E-state index contributed by atoms with van der Waals surface area (Å²) in [6.45, 7) is 2.34. The number of carbonyl (C=O) groups excluding carboxylic acids is 1. The van der Waals surface area contributed by atoms with E-state index in [0.717, 1.165) is 25.2 Å². The highest BCUT2D eigenvalue weighted by Gasteiger charge is 2.34. The van der Waals surface area contributed by atoms with Gasteiger partial charge in [0.25, 0.3) is 0 Å². The monoisotopic (exact) mass is 473 g/mol. The topological polar surface area (TPSA) is 137 Å². The van der Waals surface area contributed by atoms with Crippen LogP contribution < -0.4 is 11.5 Å². The van der Waals surface area contributed by atoms with Crippen LogP contribution in [0.3, 0.4) is 0 Å². The molecular formula is C26H28FN7O. The first-order valence-corrected chi connectivity index (χ1v) is 11.5. The van der Waals surface area contributed by atoms with Crippen molar-refractivity contribution >= 4 is 34.5 Å². The molecule has 8 nitrogen and oxygen atoms in total. The van der Waals surface area contributed by atoms with Crippen molar-refractivity contribution in [3.63, 3.8) is 0 Å². The number of carbonyl (C=O) groups is 1. The summed E-state index contributed by atoms with van der Waals surface area (Å²) in [5.41, 5.74) is 13.7. The van der Waals surface area contributed by atoms with Gasteiger partial charge in [0.05, 0.1) is 23.7 Å². The van der Waals surface area contributed by atoms with Gasteiger partial charge in [-0.05, 0) is 60.2 Å². The van der Waals surface area contributed by atoms with E-state index in [1.807, 2.05) is 12.3 Å². The van der Waals surface area contributed by atoms with Gasteiger partial charge in [-0.15, -0.1) is 0 Å². The van der Waals surface area contributed by atoms with E-state index >= 15 is 0 Å². The summed E-state index contributed by atoms with van der Waals surface area (Å²) in [6, 6.07) is 16.1. The molecule has 2 heterocycles. The number of halogens is 1. The van der Waals surface area contributed by atoms with Crippen LogP contribution in [0.2, 0.25) is 0 Å². The first kappa shape index (κ1) is 24.1. The Bertz CT molecular complexity index is 1280. The molecule has 0 radical (unpaired) electrons. The van der Waals surface area contributed by atoms with Crippen molar-refractivity contribution in [2.75, 3.05) is 13.1 Å². The molecule has 1 fully saturated rings. The Morgan fingerprint density at radius 2 is 1.94 bits per heavy atom. The number of nitrogens with one attached hydrogen (secondary N) is 1. The molecule has 35 heavy (non-hydrogen) atoms. The first-order valence-electron chi connectivity index (χ1n) is 11.5. The Morgan fingerprint density at radius 1 is 1.20 bits per heavy atom. The lowest BCUT2D eigenvalue weighted by atomic mass is 9.85. The molecule has 1 aliphatic heterocycles. The summed E-state index contributed by atoms with van der Waals surface area (Å²) in [5.74, 6) is -2.15. The fourth-order valence-electron chi connectivity index (χ4n) is 4.34. The average molecular weight is 474 g/mol. The number of fused-ring (bicyclic) bond motifs is 1. The van der Waals surface area contributed by atoms with Crippen LogP contribution in [0.5, 0.6) is 0 Å². The van der Waals surface area contributed by atoms with Crippen LogP contribution in [0.25, 0.3) is 10.9 Å². The first-order chi connectivity index (χ1) is 16.9. The number of nitriles is 1. The maximum atomic E-state index is 13.1. The number of hydrogen-bond acceptors (Lipinski definition) is 5. The number of nitrogens with zero attached hydrogens (tertiary/aromatic N) is 4. The number of H-pyrrole nitrogens is 1. The number of primary amides is 1. The second-order valence-corrected chi connectivity index (χ2v) is 8.91. The van der Waals surface area contributed by atoms with Gasteiger partial charge in [0.15, 0.2) is 0 Å². The molecule has 1 unspecified atom stereocenters. The minimum atomic E-state index is -1.03. The van der Waals surface area contributed by atoms with Gasteiger partial charge in [-0.2, -0.15) is 5.26 Å². The number of piperidine rings is 1. The molecule has 0 saturated carbocycles. The number of rotatable bonds is 8.